The third-order valence-electron chi connectivity index (χ3n) is 8.02. The number of fused-ring (bicyclic) bond motifs is 1. The first-order chi connectivity index (χ1) is 19.9. The number of nitrogens with zero attached hydrogens (tertiary/aromatic N) is 2. The molecule has 0 unspecified atom stereocenters. The van der Waals surface area contributed by atoms with Gasteiger partial charge in [0.15, 0.2) is 0 Å². The molecule has 0 saturated heterocycles. The van der Waals surface area contributed by atoms with Crippen molar-refractivity contribution in [1.82, 2.24) is 14.9 Å². The summed E-state index contributed by atoms with van der Waals surface area (Å²) in [5, 5.41) is 17.3. The molecule has 4 aromatic rings. The summed E-state index contributed by atoms with van der Waals surface area (Å²) < 4.78 is 52.5. The smallest absolute Gasteiger partial charge is 0.416 e. The van der Waals surface area contributed by atoms with Crippen molar-refractivity contribution in [3.05, 3.63) is 84.2 Å². The van der Waals surface area contributed by atoms with Gasteiger partial charge in [-0.2, -0.15) is 18.3 Å². The summed E-state index contributed by atoms with van der Waals surface area (Å²) >= 11 is 0. The zero-order valence-corrected chi connectivity index (χ0v) is 23.3. The van der Waals surface area contributed by atoms with E-state index in [4.69, 9.17) is 9.47 Å². The van der Waals surface area contributed by atoms with E-state index in [-0.39, 0.29) is 30.1 Å². The summed E-state index contributed by atoms with van der Waals surface area (Å²) in [5.74, 6) is 1.08. The molecular formula is C32H32F3N3O4. The summed E-state index contributed by atoms with van der Waals surface area (Å²) in [7, 11) is 0. The molecule has 2 fully saturated rings. The second-order valence-electron chi connectivity index (χ2n) is 12.2. The normalized spacial score (nSPS) is 22.0. The zero-order valence-electron chi connectivity index (χ0n) is 23.3. The minimum Gasteiger partial charge on any atom is -0.490 e. The van der Waals surface area contributed by atoms with Crippen molar-refractivity contribution in [3.8, 4) is 22.6 Å². The Kier molecular flexibility index (Phi) is 6.92. The van der Waals surface area contributed by atoms with Gasteiger partial charge in [-0.1, -0.05) is 24.3 Å². The fourth-order valence-electron chi connectivity index (χ4n) is 5.95. The summed E-state index contributed by atoms with van der Waals surface area (Å²) in [4.78, 5) is 13.0. The molecule has 2 aliphatic rings. The van der Waals surface area contributed by atoms with Crippen molar-refractivity contribution < 1.29 is 32.5 Å². The highest BCUT2D eigenvalue weighted by molar-refractivity contribution is 6.00. The molecule has 1 spiro atoms. The van der Waals surface area contributed by atoms with E-state index in [2.05, 4.69) is 10.4 Å². The van der Waals surface area contributed by atoms with Crippen LogP contribution in [0.4, 0.5) is 13.2 Å². The Balaban J connectivity index is 0.977. The van der Waals surface area contributed by atoms with Gasteiger partial charge in [0.2, 0.25) is 0 Å². The van der Waals surface area contributed by atoms with Crippen LogP contribution in [0.15, 0.2) is 73.1 Å². The molecule has 0 aliphatic heterocycles. The van der Waals surface area contributed by atoms with E-state index in [0.717, 1.165) is 37.8 Å². The van der Waals surface area contributed by atoms with E-state index >= 15 is 0 Å². The van der Waals surface area contributed by atoms with Gasteiger partial charge in [-0.05, 0) is 92.5 Å². The number of hydrogen-bond acceptors (Lipinski definition) is 5. The van der Waals surface area contributed by atoms with Gasteiger partial charge >= 0.3 is 6.18 Å². The Morgan fingerprint density at radius 2 is 1.74 bits per heavy atom. The molecule has 42 heavy (non-hydrogen) atoms. The first kappa shape index (κ1) is 28.1. The number of carbonyl (C=O) groups is 1. The van der Waals surface area contributed by atoms with Crippen molar-refractivity contribution >= 4 is 11.4 Å². The molecule has 0 radical (unpaired) electrons. The van der Waals surface area contributed by atoms with Crippen LogP contribution in [0.25, 0.3) is 16.6 Å². The zero-order chi connectivity index (χ0) is 29.7. The number of pyridine rings is 1. The second kappa shape index (κ2) is 10.3. The second-order valence-corrected chi connectivity index (χ2v) is 12.2. The molecular weight excluding hydrogens is 547 g/mol. The number of ether oxygens (including phenoxy) is 2. The number of hydrogen-bond donors (Lipinski definition) is 2. The maximum Gasteiger partial charge on any atom is 0.416 e. The highest BCUT2D eigenvalue weighted by atomic mass is 19.4. The molecule has 1 amide bonds. The molecule has 2 N–H and O–H groups in total. The molecule has 0 bridgehead atoms. The van der Waals surface area contributed by atoms with Gasteiger partial charge in [0.05, 0.1) is 40.7 Å². The van der Waals surface area contributed by atoms with Crippen LogP contribution in [-0.2, 0) is 6.18 Å². The van der Waals surface area contributed by atoms with E-state index in [9.17, 15) is 23.1 Å². The van der Waals surface area contributed by atoms with Crippen LogP contribution >= 0.6 is 0 Å². The van der Waals surface area contributed by atoms with Gasteiger partial charge in [-0.3, -0.25) is 4.79 Å². The number of aliphatic hydroxyl groups is 1. The monoisotopic (exact) mass is 579 g/mol. The highest BCUT2D eigenvalue weighted by Gasteiger charge is 2.54. The summed E-state index contributed by atoms with van der Waals surface area (Å²) in [6, 6.07) is 16.1. The number of amides is 1. The summed E-state index contributed by atoms with van der Waals surface area (Å²) in [5.41, 5.74) is 0.919. The molecule has 2 aromatic carbocycles. The van der Waals surface area contributed by atoms with Crippen LogP contribution in [-0.4, -0.2) is 45.0 Å². The van der Waals surface area contributed by atoms with Crippen LogP contribution < -0.4 is 14.8 Å². The lowest BCUT2D eigenvalue weighted by atomic mass is 9.53. The average Bonchev–Trinajstić information content (AvgIpc) is 3.32. The number of alkyl halides is 3. The molecule has 7 nitrogen and oxygen atoms in total. The largest absolute Gasteiger partial charge is 0.490 e. The predicted molar refractivity (Wildman–Crippen MR) is 150 cm³/mol. The average molecular weight is 580 g/mol. The Hall–Kier alpha value is -4.05. The third-order valence-corrected chi connectivity index (χ3v) is 8.02. The molecule has 2 aromatic heterocycles. The number of aromatic nitrogens is 2. The third kappa shape index (κ3) is 5.94. The maximum atomic E-state index is 13.0. The first-order valence-corrected chi connectivity index (χ1v) is 13.9. The van der Waals surface area contributed by atoms with Gasteiger partial charge in [-0.15, -0.1) is 0 Å². The maximum absolute atomic E-state index is 13.0. The standard InChI is InChI=1S/C32H32F3N3O4/c1-30(2,40)19-41-25-10-11-28-27(17-36-38(28)18-25)29(39)37-23-13-31(14-23)15-26(16-31)42-24-8-6-20(7-9-24)21-4-3-5-22(12-21)32(33,34)35/h3-12,17-18,23,26,40H,13-16,19H2,1-2H3,(H,37,39). The van der Waals surface area contributed by atoms with Gasteiger partial charge in [0.1, 0.15) is 18.1 Å². The van der Waals surface area contributed by atoms with E-state index in [1.807, 2.05) is 0 Å². The van der Waals surface area contributed by atoms with Gasteiger partial charge in [0, 0.05) is 6.04 Å². The quantitative estimate of drug-likeness (QED) is 0.256. The minimum atomic E-state index is -4.38. The van der Waals surface area contributed by atoms with Crippen molar-refractivity contribution in [2.45, 2.75) is 63.5 Å². The van der Waals surface area contributed by atoms with E-state index in [0.29, 0.717) is 33.7 Å². The highest BCUT2D eigenvalue weighted by Crippen LogP contribution is 2.56. The topological polar surface area (TPSA) is 85.1 Å². The summed E-state index contributed by atoms with van der Waals surface area (Å²) in [6.45, 7) is 3.46. The Bertz CT molecular complexity index is 1590. The lowest BCUT2D eigenvalue weighted by Gasteiger charge is -2.57. The first-order valence-electron chi connectivity index (χ1n) is 13.9. The van der Waals surface area contributed by atoms with Crippen LogP contribution in [0.3, 0.4) is 0 Å². The van der Waals surface area contributed by atoms with E-state index in [1.54, 1.807) is 73.2 Å². The fourth-order valence-corrected chi connectivity index (χ4v) is 5.95. The Morgan fingerprint density at radius 1 is 1.02 bits per heavy atom. The Morgan fingerprint density at radius 3 is 2.43 bits per heavy atom. The van der Waals surface area contributed by atoms with E-state index in [1.165, 1.54) is 6.07 Å². The number of halogens is 3. The van der Waals surface area contributed by atoms with Crippen molar-refractivity contribution in [3.63, 3.8) is 0 Å². The van der Waals surface area contributed by atoms with Gasteiger partial charge < -0.3 is 19.9 Å². The van der Waals surface area contributed by atoms with Crippen LogP contribution in [0.2, 0.25) is 0 Å². The number of benzene rings is 2. The molecule has 2 saturated carbocycles. The lowest BCUT2D eigenvalue weighted by molar-refractivity contribution is -0.137. The molecule has 2 heterocycles. The van der Waals surface area contributed by atoms with Gasteiger partial charge in [0.25, 0.3) is 5.91 Å². The van der Waals surface area contributed by atoms with Crippen molar-refractivity contribution in [2.75, 3.05) is 6.61 Å². The SMILES string of the molecule is CC(C)(O)COc1ccc2c(C(=O)NC3CC4(C3)CC(Oc3ccc(-c5cccc(C(F)(F)F)c5)cc3)C4)cnn2c1. The van der Waals surface area contributed by atoms with Crippen LogP contribution in [0.1, 0.15) is 55.5 Å². The minimum absolute atomic E-state index is 0.0773. The summed E-state index contributed by atoms with van der Waals surface area (Å²) in [6.07, 6.45) is 2.51. The van der Waals surface area contributed by atoms with Crippen LogP contribution in [0, 0.1) is 5.41 Å². The molecule has 10 heteroatoms. The number of rotatable bonds is 8. The van der Waals surface area contributed by atoms with Gasteiger partial charge in [-0.25, -0.2) is 4.52 Å². The van der Waals surface area contributed by atoms with Crippen molar-refractivity contribution in [2.24, 2.45) is 5.41 Å². The number of nitrogens with one attached hydrogen (secondary N) is 1. The molecule has 2 aliphatic carbocycles. The van der Waals surface area contributed by atoms with Crippen molar-refractivity contribution in [1.29, 1.82) is 0 Å². The van der Waals surface area contributed by atoms with E-state index < -0.39 is 17.3 Å². The lowest BCUT2D eigenvalue weighted by Crippen LogP contribution is -2.58. The number of carbonyl (C=O) groups excluding carboxylic acids is 1. The molecule has 220 valence electrons. The fraction of sp³-hybridized carbons (Fsp3) is 0.375. The molecule has 0 atom stereocenters. The van der Waals surface area contributed by atoms with Crippen LogP contribution in [0.5, 0.6) is 11.5 Å². The predicted octanol–water partition coefficient (Wildman–Crippen LogP) is 6.29. The molecule has 6 rings (SSSR count). The Labute approximate surface area is 241 Å².